The molecule has 1 aliphatic rings. The van der Waals surface area contributed by atoms with Crippen molar-refractivity contribution >= 4 is 11.6 Å². The van der Waals surface area contributed by atoms with E-state index in [0.29, 0.717) is 5.92 Å². The third-order valence-electron chi connectivity index (χ3n) is 2.45. The van der Waals surface area contributed by atoms with Gasteiger partial charge in [-0.2, -0.15) is 5.10 Å². The highest BCUT2D eigenvalue weighted by atomic mass is 16.2. The largest absolute Gasteiger partial charge is 0.272 e. The van der Waals surface area contributed by atoms with Crippen LogP contribution in [-0.4, -0.2) is 23.2 Å². The number of hydrazone groups is 1. The molecule has 0 aliphatic carbocycles. The van der Waals surface area contributed by atoms with Crippen molar-refractivity contribution in [3.05, 3.63) is 0 Å². The fraction of sp³-hybridized carbons (Fsp3) is 0.800. The first-order valence-corrected chi connectivity index (χ1v) is 4.89. The normalized spacial score (nSPS) is 22.8. The van der Waals surface area contributed by atoms with Gasteiger partial charge in [-0.25, -0.2) is 5.01 Å². The fourth-order valence-electron chi connectivity index (χ4n) is 1.27. The van der Waals surface area contributed by atoms with Crippen molar-refractivity contribution in [1.82, 2.24) is 5.01 Å². The summed E-state index contributed by atoms with van der Waals surface area (Å²) in [6.07, 6.45) is 1.02. The van der Waals surface area contributed by atoms with Gasteiger partial charge in [-0.15, -0.1) is 0 Å². The van der Waals surface area contributed by atoms with Gasteiger partial charge in [0.15, 0.2) is 0 Å². The third kappa shape index (κ3) is 2.29. The van der Waals surface area contributed by atoms with Crippen molar-refractivity contribution in [2.75, 3.05) is 6.54 Å². The predicted molar refractivity (Wildman–Crippen MR) is 53.4 cm³/mol. The summed E-state index contributed by atoms with van der Waals surface area (Å²) in [6.45, 7) is 8.90. The van der Waals surface area contributed by atoms with E-state index in [-0.39, 0.29) is 11.8 Å². The Morgan fingerprint density at radius 3 is 2.54 bits per heavy atom. The molecule has 0 spiro atoms. The monoisotopic (exact) mass is 182 g/mol. The van der Waals surface area contributed by atoms with Crippen LogP contribution < -0.4 is 0 Å². The molecule has 1 amide bonds. The maximum absolute atomic E-state index is 11.5. The summed E-state index contributed by atoms with van der Waals surface area (Å²) in [5, 5.41) is 5.83. The Kier molecular flexibility index (Phi) is 3.07. The number of hydrogen-bond donors (Lipinski definition) is 0. The second-order valence-electron chi connectivity index (χ2n) is 4.11. The summed E-state index contributed by atoms with van der Waals surface area (Å²) < 4.78 is 0. The van der Waals surface area contributed by atoms with E-state index in [0.717, 1.165) is 18.7 Å². The third-order valence-corrected chi connectivity index (χ3v) is 2.45. The lowest BCUT2D eigenvalue weighted by Crippen LogP contribution is -2.27. The highest BCUT2D eigenvalue weighted by molar-refractivity contribution is 6.06. The van der Waals surface area contributed by atoms with Crippen LogP contribution in [0.1, 0.15) is 34.1 Å². The molecule has 0 radical (unpaired) electrons. The summed E-state index contributed by atoms with van der Waals surface area (Å²) in [6, 6.07) is 0. The zero-order valence-electron chi connectivity index (χ0n) is 8.87. The van der Waals surface area contributed by atoms with Crippen molar-refractivity contribution in [2.45, 2.75) is 34.1 Å². The molecule has 3 nitrogen and oxygen atoms in total. The van der Waals surface area contributed by atoms with Gasteiger partial charge in [0.05, 0.1) is 5.92 Å². The van der Waals surface area contributed by atoms with Crippen LogP contribution in [0.2, 0.25) is 0 Å². The van der Waals surface area contributed by atoms with Gasteiger partial charge in [0, 0.05) is 12.3 Å². The fourth-order valence-corrected chi connectivity index (χ4v) is 1.27. The topological polar surface area (TPSA) is 32.7 Å². The Morgan fingerprint density at radius 1 is 1.54 bits per heavy atom. The number of carbonyl (C=O) groups is 1. The first kappa shape index (κ1) is 10.2. The van der Waals surface area contributed by atoms with E-state index < -0.39 is 0 Å². The van der Waals surface area contributed by atoms with E-state index in [1.165, 1.54) is 0 Å². The maximum Gasteiger partial charge on any atom is 0.251 e. The van der Waals surface area contributed by atoms with Crippen LogP contribution in [0.5, 0.6) is 0 Å². The number of nitrogens with zero attached hydrogens (tertiary/aromatic N) is 2. The molecule has 0 saturated carbocycles. The quantitative estimate of drug-likeness (QED) is 0.656. The predicted octanol–water partition coefficient (Wildman–Crippen LogP) is 1.89. The lowest BCUT2D eigenvalue weighted by atomic mass is 10.1. The first-order chi connectivity index (χ1) is 6.02. The lowest BCUT2D eigenvalue weighted by molar-refractivity contribution is -0.131. The van der Waals surface area contributed by atoms with Crippen molar-refractivity contribution < 1.29 is 4.79 Å². The molecule has 0 bridgehead atoms. The number of rotatable bonds is 3. The molecule has 0 fully saturated rings. The molecule has 1 atom stereocenters. The Bertz CT molecular complexity index is 233. The van der Waals surface area contributed by atoms with Gasteiger partial charge >= 0.3 is 0 Å². The van der Waals surface area contributed by atoms with Gasteiger partial charge in [0.25, 0.3) is 5.91 Å². The number of carbonyl (C=O) groups excluding carboxylic acids is 1. The minimum atomic E-state index is -0.00726. The molecule has 0 N–H and O–H groups in total. The van der Waals surface area contributed by atoms with Gasteiger partial charge in [-0.1, -0.05) is 13.8 Å². The molecular weight excluding hydrogens is 164 g/mol. The maximum atomic E-state index is 11.5. The molecule has 0 saturated heterocycles. The molecule has 3 heteroatoms. The van der Waals surface area contributed by atoms with Crippen LogP contribution in [0.4, 0.5) is 0 Å². The average Bonchev–Trinajstić information content (AvgIpc) is 2.29. The Morgan fingerprint density at radius 2 is 2.15 bits per heavy atom. The average molecular weight is 182 g/mol. The lowest BCUT2D eigenvalue weighted by Gasteiger charge is -2.13. The molecule has 0 aromatic carbocycles. The Balaban J connectivity index is 2.49. The van der Waals surface area contributed by atoms with Crippen LogP contribution >= 0.6 is 0 Å². The van der Waals surface area contributed by atoms with Gasteiger partial charge in [0.2, 0.25) is 0 Å². The molecule has 1 heterocycles. The van der Waals surface area contributed by atoms with E-state index in [1.54, 1.807) is 5.01 Å². The molecular formula is C10H18N2O. The van der Waals surface area contributed by atoms with Crippen LogP contribution in [-0.2, 0) is 4.79 Å². The SMILES string of the molecule is CC1=NN(CCC(C)C)C(=O)C1C. The van der Waals surface area contributed by atoms with E-state index >= 15 is 0 Å². The van der Waals surface area contributed by atoms with Crippen molar-refractivity contribution in [3.63, 3.8) is 0 Å². The summed E-state index contributed by atoms with van der Waals surface area (Å²) in [7, 11) is 0. The standard InChI is InChI=1S/C10H18N2O/c1-7(2)5-6-12-10(13)8(3)9(4)11-12/h7-8H,5-6H2,1-4H3. The zero-order valence-corrected chi connectivity index (χ0v) is 8.87. The number of amides is 1. The molecule has 1 aliphatic heterocycles. The van der Waals surface area contributed by atoms with Gasteiger partial charge in [-0.05, 0) is 26.2 Å². The second kappa shape index (κ2) is 3.90. The van der Waals surface area contributed by atoms with Crippen molar-refractivity contribution in [3.8, 4) is 0 Å². The Labute approximate surface area is 79.8 Å². The van der Waals surface area contributed by atoms with E-state index in [4.69, 9.17) is 0 Å². The van der Waals surface area contributed by atoms with Crippen molar-refractivity contribution in [2.24, 2.45) is 16.9 Å². The summed E-state index contributed by atoms with van der Waals surface area (Å²) in [5.41, 5.74) is 0.939. The first-order valence-electron chi connectivity index (χ1n) is 4.89. The van der Waals surface area contributed by atoms with Crippen LogP contribution in [0.3, 0.4) is 0 Å². The molecule has 13 heavy (non-hydrogen) atoms. The highest BCUT2D eigenvalue weighted by Gasteiger charge is 2.28. The Hall–Kier alpha value is -0.860. The summed E-state index contributed by atoms with van der Waals surface area (Å²) in [4.78, 5) is 11.5. The highest BCUT2D eigenvalue weighted by Crippen LogP contribution is 2.16. The van der Waals surface area contributed by atoms with E-state index in [2.05, 4.69) is 18.9 Å². The van der Waals surface area contributed by atoms with E-state index in [9.17, 15) is 4.79 Å². The van der Waals surface area contributed by atoms with Crippen LogP contribution in [0, 0.1) is 11.8 Å². The minimum absolute atomic E-state index is 0.00726. The second-order valence-corrected chi connectivity index (χ2v) is 4.11. The molecule has 1 rings (SSSR count). The summed E-state index contributed by atoms with van der Waals surface area (Å²) in [5.74, 6) is 0.768. The molecule has 1 unspecified atom stereocenters. The molecule has 0 aromatic rings. The summed E-state index contributed by atoms with van der Waals surface area (Å²) >= 11 is 0. The van der Waals surface area contributed by atoms with Gasteiger partial charge in [-0.3, -0.25) is 4.79 Å². The minimum Gasteiger partial charge on any atom is -0.272 e. The molecule has 0 aromatic heterocycles. The molecule has 74 valence electrons. The number of hydrogen-bond acceptors (Lipinski definition) is 2. The van der Waals surface area contributed by atoms with Crippen LogP contribution in [0.15, 0.2) is 5.10 Å². The van der Waals surface area contributed by atoms with Crippen molar-refractivity contribution in [1.29, 1.82) is 0 Å². The van der Waals surface area contributed by atoms with Gasteiger partial charge < -0.3 is 0 Å². The zero-order chi connectivity index (χ0) is 10.0. The van der Waals surface area contributed by atoms with E-state index in [1.807, 2.05) is 13.8 Å². The van der Waals surface area contributed by atoms with Gasteiger partial charge in [0.1, 0.15) is 0 Å². The smallest absolute Gasteiger partial charge is 0.251 e. The van der Waals surface area contributed by atoms with Crippen LogP contribution in [0.25, 0.3) is 0 Å².